The quantitative estimate of drug-likeness (QED) is 0.0105. The van der Waals surface area contributed by atoms with E-state index in [-0.39, 0.29) is 145 Å². The third kappa shape index (κ3) is 18.5. The Hall–Kier alpha value is -10.3. The number of aromatic hydroxyl groups is 6. The van der Waals surface area contributed by atoms with Gasteiger partial charge in [-0.05, 0) is 85.1 Å². The monoisotopic (exact) mass is 1590 g/mol. The van der Waals surface area contributed by atoms with Gasteiger partial charge < -0.3 is 65.9 Å². The van der Waals surface area contributed by atoms with Crippen LogP contribution in [-0.4, -0.2) is 301 Å². The summed E-state index contributed by atoms with van der Waals surface area (Å²) < 4.78 is 2.04. The number of carbonyl (C=O) groups excluding carboxylic acids is 4. The Morgan fingerprint density at radius 2 is 0.788 bits per heavy atom. The third-order valence-corrected chi connectivity index (χ3v) is 21.1. The summed E-state index contributed by atoms with van der Waals surface area (Å²) >= 11 is 1.48. The Kier molecular flexibility index (Phi) is 25.8. The predicted molar refractivity (Wildman–Crippen MR) is 439 cm³/mol. The van der Waals surface area contributed by atoms with E-state index in [1.165, 1.54) is 35.6 Å². The summed E-state index contributed by atoms with van der Waals surface area (Å²) in [6, 6.07) is 20.3. The van der Waals surface area contributed by atoms with Crippen molar-refractivity contribution in [1.82, 2.24) is 4.57 Å². The first-order chi connectivity index (χ1) is 51.2. The minimum atomic E-state index is -0.577. The number of hydrogen-bond acceptors (Lipinski definition) is 25. The smallest absolute Gasteiger partial charge is 0.200 e. The molecule has 4 aliphatic rings. The molecule has 0 saturated carbocycles. The average Bonchev–Trinajstić information content (AvgIpc) is 0.739. The van der Waals surface area contributed by atoms with E-state index >= 15 is 0 Å². The van der Waals surface area contributed by atoms with Gasteiger partial charge in [0.15, 0.2) is 10.9 Å². The second-order valence-electron chi connectivity index (χ2n) is 31.8. The van der Waals surface area contributed by atoms with E-state index in [9.17, 15) is 90.6 Å². The number of rotatable bonds is 21. The highest BCUT2D eigenvalue weighted by Gasteiger charge is 2.44. The summed E-state index contributed by atoms with van der Waals surface area (Å²) in [4.78, 5) is 87.1. The number of likely N-dealkylation sites (N-methyl/N-ethyl adjacent to an activating group) is 7. The van der Waals surface area contributed by atoms with Crippen LogP contribution in [0, 0.1) is 0 Å². The summed E-state index contributed by atoms with van der Waals surface area (Å²) in [5.41, 5.74) is 4.17. The summed E-state index contributed by atoms with van der Waals surface area (Å²) in [6.07, 6.45) is 1.54. The molecule has 9 aromatic rings. The van der Waals surface area contributed by atoms with Crippen molar-refractivity contribution in [2.45, 2.75) is 41.7 Å². The number of aromatic nitrogens is 1. The first-order valence-corrected chi connectivity index (χ1v) is 36.9. The summed E-state index contributed by atoms with van der Waals surface area (Å²) in [5, 5.41) is 136. The predicted octanol–water partition coefficient (Wildman–Crippen LogP) is 8.99. The van der Waals surface area contributed by atoms with E-state index in [1.807, 2.05) is 68.8 Å². The lowest BCUT2D eigenvalue weighted by atomic mass is 9.79. The highest BCUT2D eigenvalue weighted by Crippen LogP contribution is 2.51. The van der Waals surface area contributed by atoms with Crippen molar-refractivity contribution in [1.29, 1.82) is 0 Å². The van der Waals surface area contributed by atoms with E-state index in [1.54, 1.807) is 84.6 Å². The van der Waals surface area contributed by atoms with Crippen molar-refractivity contribution < 1.29 is 109 Å². The number of quaternary nitrogens is 6. The molecule has 0 spiro atoms. The number of nitrogens with zero attached hydrogens (tertiary/aromatic N) is 10. The van der Waals surface area contributed by atoms with Crippen LogP contribution in [0.2, 0.25) is 0 Å². The number of anilines is 6. The zero-order valence-corrected chi connectivity index (χ0v) is 65.0. The van der Waals surface area contributed by atoms with Crippen molar-refractivity contribution in [3.8, 4) is 34.5 Å². The van der Waals surface area contributed by atoms with Gasteiger partial charge in [0.1, 0.15) is 73.8 Å². The highest BCUT2D eigenvalue weighted by atomic mass is 32.1. The summed E-state index contributed by atoms with van der Waals surface area (Å²) in [5.74, 6) is -4.45. The molecule has 0 amide bonds. The molecule has 0 bridgehead atoms. The van der Waals surface area contributed by atoms with Crippen LogP contribution in [0.1, 0.15) is 97.9 Å². The van der Waals surface area contributed by atoms with Gasteiger partial charge in [-0.15, -0.1) is 11.3 Å². The minimum Gasteiger partial charge on any atom is -0.507 e. The molecule has 8 aromatic carbocycles. The van der Waals surface area contributed by atoms with E-state index in [4.69, 9.17) is 0 Å². The number of carbonyl (C=O) groups is 4. The number of phenols is 6. The number of benzene rings is 8. The number of ketones is 4. The maximum atomic E-state index is 13.9. The fourth-order valence-corrected chi connectivity index (χ4v) is 15.6. The molecule has 3 heterocycles. The van der Waals surface area contributed by atoms with Gasteiger partial charge in [0.05, 0.1) is 227 Å². The van der Waals surface area contributed by atoms with Crippen molar-refractivity contribution in [2.75, 3.05) is 214 Å². The first-order valence-electron chi connectivity index (χ1n) is 36.1. The van der Waals surface area contributed by atoms with Crippen LogP contribution in [0.4, 0.5) is 34.1 Å². The maximum Gasteiger partial charge on any atom is 0.200 e. The van der Waals surface area contributed by atoms with E-state index < -0.39 is 39.7 Å². The molecule has 610 valence electrons. The molecule has 31 nitrogen and oxygen atoms in total. The van der Waals surface area contributed by atoms with Crippen molar-refractivity contribution in [3.63, 3.8) is 0 Å². The molecular formula is C81H113N13O18S+6. The number of fused-ring (bicyclic) bond motifs is 13. The Bertz CT molecular complexity index is 5330. The number of phenolic OH excluding ortho intramolecular Hbond substituents is 6. The Balaban J connectivity index is 0.000000210. The summed E-state index contributed by atoms with van der Waals surface area (Å²) in [7, 11) is 21.7. The number of hydrogen-bond donors (Lipinski definition) is 15. The zero-order valence-electron chi connectivity index (χ0n) is 64.2. The maximum absolute atomic E-state index is 13.9. The second kappa shape index (κ2) is 33.0. The van der Waals surface area contributed by atoms with Gasteiger partial charge >= 0.3 is 0 Å². The van der Waals surface area contributed by atoms with Gasteiger partial charge in [-0.1, -0.05) is 34.4 Å². The van der Waals surface area contributed by atoms with Gasteiger partial charge in [-0.3, -0.25) is 28.8 Å². The Labute approximate surface area is 660 Å². The van der Waals surface area contributed by atoms with Crippen LogP contribution in [0.5, 0.6) is 34.5 Å². The Morgan fingerprint density at radius 3 is 1.24 bits per heavy atom. The van der Waals surface area contributed by atoms with Crippen molar-refractivity contribution >= 4 is 111 Å². The molecule has 15 N–H and O–H groups in total. The normalized spacial score (nSPS) is 14.1. The molecule has 13 rings (SSSR count). The zero-order chi connectivity index (χ0) is 80.6. The fraction of sp³-hybridized carbons (Fsp3) is 0.407. The molecule has 0 unspecified atom stereocenters. The average molecular weight is 1590 g/mol. The number of para-hydroxylation sites is 1. The fourth-order valence-electron chi connectivity index (χ4n) is 14.4. The van der Waals surface area contributed by atoms with Crippen LogP contribution in [0.15, 0.2) is 88.5 Å². The molecule has 32 heteroatoms. The lowest BCUT2D eigenvalue weighted by Crippen LogP contribution is -2.47. The van der Waals surface area contributed by atoms with Crippen LogP contribution >= 0.6 is 11.3 Å². The molecule has 0 atom stereocenters. The first kappa shape index (κ1) is 88.3. The largest absolute Gasteiger partial charge is 0.507 e. The molecule has 1 aromatic heterocycles. The van der Waals surface area contributed by atoms with Gasteiger partial charge in [-0.25, -0.2) is 31.2 Å². The van der Waals surface area contributed by atoms with Crippen LogP contribution in [-0.2, 0) is 13.0 Å². The van der Waals surface area contributed by atoms with Crippen LogP contribution in [0.25, 0.3) is 42.0 Å². The van der Waals surface area contributed by atoms with Crippen LogP contribution in [0.3, 0.4) is 0 Å². The number of hydroxylamine groups is 18. The molecule has 0 fully saturated rings. The molecule has 2 aliphatic heterocycles. The molecule has 2 aliphatic carbocycles. The van der Waals surface area contributed by atoms with Crippen LogP contribution < -0.4 is 41.5 Å². The molecule has 113 heavy (non-hydrogen) atoms. The second-order valence-corrected chi connectivity index (χ2v) is 32.9. The van der Waals surface area contributed by atoms with Gasteiger partial charge in [0, 0.05) is 43.7 Å². The van der Waals surface area contributed by atoms with Crippen molar-refractivity contribution in [3.05, 3.63) is 149 Å². The lowest BCUT2D eigenvalue weighted by molar-refractivity contribution is -1.07. The van der Waals surface area contributed by atoms with Gasteiger partial charge in [0.25, 0.3) is 0 Å². The molecule has 0 radical (unpaired) electrons. The molecular weight excluding hydrogens is 1480 g/mol. The topological polar surface area (TPSA) is 396 Å². The van der Waals surface area contributed by atoms with Gasteiger partial charge in [0.2, 0.25) is 23.1 Å². The molecule has 0 saturated heterocycles. The van der Waals surface area contributed by atoms with Crippen molar-refractivity contribution in [2.24, 2.45) is 0 Å². The number of nitrogens with one attached hydrogen (secondary N) is 3. The van der Waals surface area contributed by atoms with E-state index in [0.29, 0.717) is 139 Å². The number of aryl methyl sites for hydroxylation is 1. The van der Waals surface area contributed by atoms with Gasteiger partial charge in [-0.2, -0.15) is 27.9 Å². The van der Waals surface area contributed by atoms with E-state index in [0.717, 1.165) is 44.7 Å². The highest BCUT2D eigenvalue weighted by molar-refractivity contribution is 7.24. The Morgan fingerprint density at radius 1 is 0.398 bits per heavy atom. The minimum absolute atomic E-state index is 0. The lowest BCUT2D eigenvalue weighted by Gasteiger charge is -2.40. The summed E-state index contributed by atoms with van der Waals surface area (Å²) in [6.45, 7) is 6.27. The SMILES string of the molecule is C.C.C.CN1CCN(CC[N+](C)(C)O)c2c1cc(NCC[N+](C)(C)O)c1c2C(=O)c2c(O)ccc(O)c2C1=O.C[N+](C)(O)CCNc1cc2c(c3c1C(=O)c1c(O)ccc(O)c1C3=O)N(CC[N+](C)(C)O)CCC2.C[N+](C)(O)CCNc1cc2sc3ccccc3n(CC[N+](C)(C)O)c2c2c(O)c3c(=O)ccc(=O)c3c(O)c12. The van der Waals surface area contributed by atoms with E-state index in [2.05, 4.69) is 16.0 Å². The third-order valence-electron chi connectivity index (χ3n) is 20.0. The standard InChI is InChI=1S/C28H30N4O6S.C25H33N5O6.C25H32N4O6.3CH4/c1-31(2,37)13-11-29-16-15-21-26(30(12-14-32(3,4)38)17-7-5-6-8-20(17)39-21)25-22(16)27(35)23-18(33)9-10-19(34)24(23)28(25)36;1-27-9-10-28(11-13-30(4,5)36)23-16(27)14-15(26-8-12-29(2,3)35)19-22(23)25(34)21-18(32)7-6-17(31)20(21)24(19)33;1-28(2,34)12-9-26-16-14-15-6-5-10-27(11-13-29(3,4)35)23(15)22-19(16)24(32)20-17(30)7-8-18(31)21(20)25(22)33;;;/h5-10,15,37-38H,11-14H2,1-4H3,(H-2,29,33,34,35,36);6-7,14,35-36H,8-13H2,1-5H3,(H-2,26,31,32,33,34);7-8,14,34-35H,5-6,9-13H2,1-4H3,(H-2,26,30,31,32,33);3*1H4/p+6.